The van der Waals surface area contributed by atoms with Crippen LogP contribution >= 0.6 is 0 Å². The van der Waals surface area contributed by atoms with Crippen LogP contribution in [0.2, 0.25) is 0 Å². The maximum Gasteiger partial charge on any atom is 0.115 e. The van der Waals surface area contributed by atoms with Crippen molar-refractivity contribution in [1.82, 2.24) is 5.32 Å². The second-order valence-corrected chi connectivity index (χ2v) is 5.33. The number of benzene rings is 1. The highest BCUT2D eigenvalue weighted by Gasteiger charge is 2.23. The van der Waals surface area contributed by atoms with Crippen molar-refractivity contribution >= 4 is 0 Å². The van der Waals surface area contributed by atoms with Gasteiger partial charge in [0, 0.05) is 12.6 Å². The first kappa shape index (κ1) is 13.4. The van der Waals surface area contributed by atoms with Crippen molar-refractivity contribution in [1.29, 1.82) is 0 Å². The number of rotatable bonds is 4. The fourth-order valence-electron chi connectivity index (χ4n) is 2.64. The molecule has 3 unspecified atom stereocenters. The Morgan fingerprint density at radius 2 is 1.89 bits per heavy atom. The van der Waals surface area contributed by atoms with Gasteiger partial charge in [-0.3, -0.25) is 0 Å². The zero-order valence-electron chi connectivity index (χ0n) is 11.0. The Morgan fingerprint density at radius 1 is 1.22 bits per heavy atom. The molecule has 1 saturated carbocycles. The van der Waals surface area contributed by atoms with Crippen LogP contribution in [0.1, 0.15) is 44.2 Å². The molecule has 0 aromatic heterocycles. The minimum absolute atomic E-state index is 0.140. The fourth-order valence-corrected chi connectivity index (χ4v) is 2.64. The lowest BCUT2D eigenvalue weighted by atomic mass is 9.86. The van der Waals surface area contributed by atoms with Crippen molar-refractivity contribution in [3.8, 4) is 5.75 Å². The minimum Gasteiger partial charge on any atom is -0.508 e. The molecule has 100 valence electrons. The van der Waals surface area contributed by atoms with Crippen molar-refractivity contribution in [3.63, 3.8) is 0 Å². The number of phenolic OH excluding ortho intramolecular Hbond substituents is 1. The Morgan fingerprint density at radius 3 is 2.56 bits per heavy atom. The molecule has 1 aromatic carbocycles. The van der Waals surface area contributed by atoms with Gasteiger partial charge in [0.1, 0.15) is 5.75 Å². The van der Waals surface area contributed by atoms with E-state index in [1.54, 1.807) is 12.1 Å². The van der Waals surface area contributed by atoms with Crippen LogP contribution in [0.4, 0.5) is 0 Å². The molecule has 0 amide bonds. The number of aliphatic hydroxyl groups excluding tert-OH is 1. The summed E-state index contributed by atoms with van der Waals surface area (Å²) in [6.45, 7) is 2.98. The molecule has 0 aliphatic heterocycles. The lowest BCUT2D eigenvalue weighted by Crippen LogP contribution is -2.34. The quantitative estimate of drug-likeness (QED) is 0.769. The van der Waals surface area contributed by atoms with Gasteiger partial charge < -0.3 is 15.5 Å². The van der Waals surface area contributed by atoms with Gasteiger partial charge in [0.25, 0.3) is 0 Å². The SMILES string of the molecule is CC(NCC1CCCCC1O)c1ccc(O)cc1. The second-order valence-electron chi connectivity index (χ2n) is 5.33. The van der Waals surface area contributed by atoms with Gasteiger partial charge >= 0.3 is 0 Å². The van der Waals surface area contributed by atoms with E-state index in [-0.39, 0.29) is 12.1 Å². The summed E-state index contributed by atoms with van der Waals surface area (Å²) in [6.07, 6.45) is 4.32. The molecule has 0 heterocycles. The molecule has 2 rings (SSSR count). The second kappa shape index (κ2) is 6.21. The van der Waals surface area contributed by atoms with Gasteiger partial charge in [-0.05, 0) is 43.4 Å². The van der Waals surface area contributed by atoms with Crippen molar-refractivity contribution in [3.05, 3.63) is 29.8 Å². The maximum atomic E-state index is 9.92. The number of aromatic hydroxyl groups is 1. The molecular weight excluding hydrogens is 226 g/mol. The number of nitrogens with one attached hydrogen (secondary N) is 1. The summed E-state index contributed by atoms with van der Waals surface area (Å²) < 4.78 is 0. The first-order chi connectivity index (χ1) is 8.66. The molecule has 18 heavy (non-hydrogen) atoms. The molecular formula is C15H23NO2. The van der Waals surface area contributed by atoms with Crippen molar-refractivity contribution in [2.45, 2.75) is 44.8 Å². The first-order valence-electron chi connectivity index (χ1n) is 6.87. The van der Waals surface area contributed by atoms with E-state index in [1.165, 1.54) is 6.42 Å². The summed E-state index contributed by atoms with van der Waals surface area (Å²) in [5, 5.41) is 22.6. The minimum atomic E-state index is -0.140. The predicted molar refractivity (Wildman–Crippen MR) is 72.5 cm³/mol. The number of aliphatic hydroxyl groups is 1. The molecule has 3 N–H and O–H groups in total. The van der Waals surface area contributed by atoms with E-state index in [1.807, 2.05) is 12.1 Å². The topological polar surface area (TPSA) is 52.5 Å². The summed E-state index contributed by atoms with van der Waals surface area (Å²) >= 11 is 0. The molecule has 1 aliphatic carbocycles. The first-order valence-corrected chi connectivity index (χ1v) is 6.87. The normalized spacial score (nSPS) is 25.9. The number of hydrogen-bond acceptors (Lipinski definition) is 3. The van der Waals surface area contributed by atoms with Crippen LogP contribution < -0.4 is 5.32 Å². The number of phenols is 1. The van der Waals surface area contributed by atoms with Gasteiger partial charge in [-0.15, -0.1) is 0 Å². The van der Waals surface area contributed by atoms with E-state index in [9.17, 15) is 10.2 Å². The van der Waals surface area contributed by atoms with E-state index < -0.39 is 0 Å². The molecule has 0 saturated heterocycles. The van der Waals surface area contributed by atoms with Crippen LogP contribution in [0, 0.1) is 5.92 Å². The lowest BCUT2D eigenvalue weighted by molar-refractivity contribution is 0.0684. The summed E-state index contributed by atoms with van der Waals surface area (Å²) in [4.78, 5) is 0. The molecule has 1 aliphatic rings. The standard InChI is InChI=1S/C15H23NO2/c1-11(12-6-8-14(17)9-7-12)16-10-13-4-2-3-5-15(13)18/h6-9,11,13,15-18H,2-5,10H2,1H3. The predicted octanol–water partition coefficient (Wildman–Crippen LogP) is 2.59. The summed E-state index contributed by atoms with van der Waals surface area (Å²) in [5.41, 5.74) is 1.16. The van der Waals surface area contributed by atoms with E-state index >= 15 is 0 Å². The van der Waals surface area contributed by atoms with Crippen LogP contribution in [-0.4, -0.2) is 22.9 Å². The molecule has 3 nitrogen and oxygen atoms in total. The Hall–Kier alpha value is -1.06. The van der Waals surface area contributed by atoms with Crippen molar-refractivity contribution in [2.24, 2.45) is 5.92 Å². The van der Waals surface area contributed by atoms with Gasteiger partial charge in [0.15, 0.2) is 0 Å². The Kier molecular flexibility index (Phi) is 4.61. The van der Waals surface area contributed by atoms with Gasteiger partial charge in [0.2, 0.25) is 0 Å². The van der Waals surface area contributed by atoms with Gasteiger partial charge in [-0.25, -0.2) is 0 Å². The zero-order valence-corrected chi connectivity index (χ0v) is 11.0. The monoisotopic (exact) mass is 249 g/mol. The number of hydrogen-bond donors (Lipinski definition) is 3. The molecule has 1 fully saturated rings. The summed E-state index contributed by atoms with van der Waals surface area (Å²) in [7, 11) is 0. The van der Waals surface area contributed by atoms with Crippen molar-refractivity contribution < 1.29 is 10.2 Å². The van der Waals surface area contributed by atoms with Gasteiger partial charge in [0.05, 0.1) is 6.10 Å². The molecule has 3 atom stereocenters. The van der Waals surface area contributed by atoms with Crippen LogP contribution in [0.3, 0.4) is 0 Å². The Labute approximate surface area is 109 Å². The molecule has 0 radical (unpaired) electrons. The molecule has 0 spiro atoms. The van der Waals surface area contributed by atoms with E-state index in [4.69, 9.17) is 0 Å². The Bertz CT molecular complexity index is 363. The van der Waals surface area contributed by atoms with Gasteiger partial charge in [-0.2, -0.15) is 0 Å². The molecule has 1 aromatic rings. The molecule has 0 bridgehead atoms. The van der Waals surface area contributed by atoms with E-state index in [2.05, 4.69) is 12.2 Å². The average Bonchev–Trinajstić information content (AvgIpc) is 2.38. The van der Waals surface area contributed by atoms with Crippen molar-refractivity contribution in [2.75, 3.05) is 6.54 Å². The average molecular weight is 249 g/mol. The fraction of sp³-hybridized carbons (Fsp3) is 0.600. The Balaban J connectivity index is 1.83. The highest BCUT2D eigenvalue weighted by molar-refractivity contribution is 5.27. The van der Waals surface area contributed by atoms with E-state index in [0.717, 1.165) is 31.4 Å². The van der Waals surface area contributed by atoms with Crippen LogP contribution in [-0.2, 0) is 0 Å². The van der Waals surface area contributed by atoms with Gasteiger partial charge in [-0.1, -0.05) is 25.0 Å². The van der Waals surface area contributed by atoms with Crippen LogP contribution in [0.15, 0.2) is 24.3 Å². The highest BCUT2D eigenvalue weighted by Crippen LogP contribution is 2.24. The third-order valence-electron chi connectivity index (χ3n) is 3.95. The van der Waals surface area contributed by atoms with Crippen LogP contribution in [0.5, 0.6) is 5.75 Å². The van der Waals surface area contributed by atoms with E-state index in [0.29, 0.717) is 11.7 Å². The highest BCUT2D eigenvalue weighted by atomic mass is 16.3. The van der Waals surface area contributed by atoms with Crippen LogP contribution in [0.25, 0.3) is 0 Å². The smallest absolute Gasteiger partial charge is 0.115 e. The lowest BCUT2D eigenvalue weighted by Gasteiger charge is -2.29. The summed E-state index contributed by atoms with van der Waals surface area (Å²) in [5.74, 6) is 0.687. The maximum absolute atomic E-state index is 9.92. The third-order valence-corrected chi connectivity index (χ3v) is 3.95. The zero-order chi connectivity index (χ0) is 13.0. The molecule has 3 heteroatoms. The summed E-state index contributed by atoms with van der Waals surface area (Å²) in [6, 6.07) is 7.54. The largest absolute Gasteiger partial charge is 0.508 e. The third kappa shape index (κ3) is 3.47.